The Labute approximate surface area is 98.7 Å². The Balaban J connectivity index is 0.00000162. The van der Waals surface area contributed by atoms with Crippen molar-refractivity contribution in [3.8, 4) is 0 Å². The number of hydrogen-bond donors (Lipinski definition) is 1. The van der Waals surface area contributed by atoms with Crippen molar-refractivity contribution >= 4 is 18.1 Å². The topological polar surface area (TPSA) is 57.2 Å². The number of methoxy groups -OCH3 is 1. The van der Waals surface area contributed by atoms with Crippen molar-refractivity contribution in [3.05, 3.63) is 28.7 Å². The minimum atomic E-state index is -2.36. The van der Waals surface area contributed by atoms with Crippen molar-refractivity contribution in [2.24, 2.45) is 0 Å². The fourth-order valence-corrected chi connectivity index (χ4v) is 1.68. The highest BCUT2D eigenvalue weighted by Gasteiger charge is 2.30. The van der Waals surface area contributed by atoms with E-state index in [1.54, 1.807) is 18.3 Å². The smallest absolute Gasteiger partial charge is 0.273 e. The molecule has 5 heteroatoms. The highest BCUT2D eigenvalue weighted by Crippen LogP contribution is 2.32. The first-order valence-electron chi connectivity index (χ1n) is 6.01. The summed E-state index contributed by atoms with van der Waals surface area (Å²) >= 11 is 0. The predicted molar refractivity (Wildman–Crippen MR) is 61.4 cm³/mol. The summed E-state index contributed by atoms with van der Waals surface area (Å²) < 4.78 is 27.3. The second-order valence-electron chi connectivity index (χ2n) is 3.54. The van der Waals surface area contributed by atoms with Gasteiger partial charge in [0.05, 0.1) is 15.9 Å². The molecule has 1 aliphatic carbocycles. The van der Waals surface area contributed by atoms with Crippen LogP contribution in [0.2, 0.25) is 0 Å². The summed E-state index contributed by atoms with van der Waals surface area (Å²) in [6.07, 6.45) is 2.42. The van der Waals surface area contributed by atoms with Crippen LogP contribution in [0, 0.1) is 0 Å². The number of nitrogens with two attached hydrogens (primary N) is 1. The number of aromatic nitrogens is 1. The van der Waals surface area contributed by atoms with Gasteiger partial charge in [0, 0.05) is 19.3 Å². The van der Waals surface area contributed by atoms with Crippen LogP contribution >= 0.6 is 12.4 Å². The minimum absolute atomic E-state index is 0. The summed E-state index contributed by atoms with van der Waals surface area (Å²) in [6, 6.07) is 3.24. The summed E-state index contributed by atoms with van der Waals surface area (Å²) in [5, 5.41) is 0. The molecule has 0 amide bonds. The van der Waals surface area contributed by atoms with E-state index in [1.807, 2.05) is 0 Å². The summed E-state index contributed by atoms with van der Waals surface area (Å²) in [5.41, 5.74) is 5.49. The molecule has 0 spiro atoms. The first-order chi connectivity index (χ1) is 7.87. The van der Waals surface area contributed by atoms with Gasteiger partial charge in [0.25, 0.3) is 5.56 Å². The van der Waals surface area contributed by atoms with Gasteiger partial charge in [0.2, 0.25) is 0 Å². The van der Waals surface area contributed by atoms with Crippen LogP contribution in [-0.4, -0.2) is 17.7 Å². The van der Waals surface area contributed by atoms with Crippen molar-refractivity contribution in [2.45, 2.75) is 25.0 Å². The van der Waals surface area contributed by atoms with Crippen LogP contribution in [0.4, 0.5) is 5.69 Å². The quantitative estimate of drug-likeness (QED) is 0.835. The van der Waals surface area contributed by atoms with E-state index in [9.17, 15) is 4.79 Å². The van der Waals surface area contributed by atoms with Crippen molar-refractivity contribution in [1.82, 2.24) is 4.57 Å². The molecule has 15 heavy (non-hydrogen) atoms. The normalized spacial score (nSPS) is 27.9. The van der Waals surface area contributed by atoms with E-state index in [1.165, 1.54) is 4.57 Å². The van der Waals surface area contributed by atoms with Gasteiger partial charge in [0.1, 0.15) is 0 Å². The first kappa shape index (κ1) is 8.19. The molecule has 0 aromatic carbocycles. The molecule has 2 rings (SSSR count). The SMILES string of the molecule is Cl.[2H]C([2H])([2H])OC1CC(n2cccc(N)c2=O)C1. The molecule has 0 bridgehead atoms. The highest BCUT2D eigenvalue weighted by atomic mass is 35.5. The summed E-state index contributed by atoms with van der Waals surface area (Å²) in [5.74, 6) is 0. The molecule has 4 nitrogen and oxygen atoms in total. The van der Waals surface area contributed by atoms with Gasteiger partial charge >= 0.3 is 0 Å². The molecule has 1 aliphatic rings. The second kappa shape index (κ2) is 4.68. The fraction of sp³-hybridized carbons (Fsp3) is 0.500. The molecule has 0 radical (unpaired) electrons. The fourth-order valence-electron chi connectivity index (χ4n) is 1.68. The second-order valence-corrected chi connectivity index (χ2v) is 3.54. The van der Waals surface area contributed by atoms with E-state index >= 15 is 0 Å². The molecule has 2 N–H and O–H groups in total. The lowest BCUT2D eigenvalue weighted by Gasteiger charge is -2.35. The number of nitrogens with zero attached hydrogens (tertiary/aromatic N) is 1. The Morgan fingerprint density at radius 2 is 2.40 bits per heavy atom. The van der Waals surface area contributed by atoms with Gasteiger partial charge in [-0.25, -0.2) is 0 Å². The van der Waals surface area contributed by atoms with Gasteiger partial charge in [-0.1, -0.05) is 0 Å². The summed E-state index contributed by atoms with van der Waals surface area (Å²) in [6.45, 7) is 0. The number of ether oxygens (including phenoxy) is 1. The molecule has 0 unspecified atom stereocenters. The summed E-state index contributed by atoms with van der Waals surface area (Å²) in [7, 11) is -2.36. The molecule has 1 aromatic rings. The van der Waals surface area contributed by atoms with E-state index in [2.05, 4.69) is 0 Å². The summed E-state index contributed by atoms with van der Waals surface area (Å²) in [4.78, 5) is 11.7. The molecule has 84 valence electrons. The molecule has 0 saturated heterocycles. The number of hydrogen-bond acceptors (Lipinski definition) is 3. The molecule has 1 aromatic heterocycles. The molecular weight excluding hydrogens is 216 g/mol. The van der Waals surface area contributed by atoms with Crippen LogP contribution in [0.5, 0.6) is 0 Å². The molecule has 0 aliphatic heterocycles. The van der Waals surface area contributed by atoms with E-state index in [0.29, 0.717) is 12.8 Å². The number of anilines is 1. The third-order valence-corrected chi connectivity index (χ3v) is 2.63. The van der Waals surface area contributed by atoms with Crippen molar-refractivity contribution in [1.29, 1.82) is 0 Å². The first-order valence-corrected chi connectivity index (χ1v) is 4.51. The average molecular weight is 234 g/mol. The molecule has 1 saturated carbocycles. The Morgan fingerprint density at radius 3 is 3.07 bits per heavy atom. The van der Waals surface area contributed by atoms with Crippen LogP contribution in [0.3, 0.4) is 0 Å². The zero-order valence-electron chi connectivity index (χ0n) is 11.1. The third kappa shape index (κ3) is 2.16. The lowest BCUT2D eigenvalue weighted by atomic mass is 9.89. The average Bonchev–Trinajstić information content (AvgIpc) is 2.15. The number of halogens is 1. The van der Waals surface area contributed by atoms with Gasteiger partial charge in [0.15, 0.2) is 0 Å². The molecule has 1 fully saturated rings. The maximum atomic E-state index is 11.7. The zero-order valence-corrected chi connectivity index (χ0v) is 8.87. The third-order valence-electron chi connectivity index (χ3n) is 2.63. The van der Waals surface area contributed by atoms with Gasteiger partial charge in [-0.05, 0) is 25.0 Å². The van der Waals surface area contributed by atoms with E-state index in [4.69, 9.17) is 14.6 Å². The highest BCUT2D eigenvalue weighted by molar-refractivity contribution is 5.85. The number of pyridine rings is 1. The molecular formula is C10H15ClN2O2. The maximum Gasteiger partial charge on any atom is 0.273 e. The Bertz CT molecular complexity index is 469. The van der Waals surface area contributed by atoms with Crippen molar-refractivity contribution in [3.63, 3.8) is 0 Å². The van der Waals surface area contributed by atoms with E-state index in [-0.39, 0.29) is 35.8 Å². The Kier molecular flexibility index (Phi) is 2.55. The maximum absolute atomic E-state index is 11.7. The standard InChI is InChI=1S/C10H14N2O2.ClH/c1-14-8-5-7(6-8)12-4-2-3-9(11)10(12)13;/h2-4,7-8H,5-6,11H2,1H3;1H/i1D3;. The largest absolute Gasteiger partial charge is 0.394 e. The van der Waals surface area contributed by atoms with Crippen LogP contribution in [0.25, 0.3) is 0 Å². The van der Waals surface area contributed by atoms with Gasteiger partial charge in [-0.3, -0.25) is 4.79 Å². The van der Waals surface area contributed by atoms with Crippen molar-refractivity contribution in [2.75, 3.05) is 12.8 Å². The predicted octanol–water partition coefficient (Wildman–Crippen LogP) is 1.20. The van der Waals surface area contributed by atoms with E-state index in [0.717, 1.165) is 0 Å². The Morgan fingerprint density at radius 1 is 1.67 bits per heavy atom. The Hall–Kier alpha value is -1.00. The van der Waals surface area contributed by atoms with Gasteiger partial charge in [-0.15, -0.1) is 12.4 Å². The lowest BCUT2D eigenvalue weighted by molar-refractivity contribution is 0.00522. The van der Waals surface area contributed by atoms with Crippen LogP contribution in [-0.2, 0) is 4.74 Å². The van der Waals surface area contributed by atoms with Crippen LogP contribution < -0.4 is 11.3 Å². The number of rotatable bonds is 2. The number of nitrogen functional groups attached to an aromatic ring is 1. The van der Waals surface area contributed by atoms with Crippen LogP contribution in [0.1, 0.15) is 23.0 Å². The molecule has 0 atom stereocenters. The lowest BCUT2D eigenvalue weighted by Crippen LogP contribution is -2.37. The van der Waals surface area contributed by atoms with Crippen molar-refractivity contribution < 1.29 is 8.85 Å². The molecule has 1 heterocycles. The zero-order chi connectivity index (χ0) is 12.6. The minimum Gasteiger partial charge on any atom is -0.394 e. The van der Waals surface area contributed by atoms with Gasteiger partial charge in [-0.2, -0.15) is 0 Å². The van der Waals surface area contributed by atoms with Crippen LogP contribution in [0.15, 0.2) is 23.1 Å². The van der Waals surface area contributed by atoms with E-state index < -0.39 is 7.04 Å². The monoisotopic (exact) mass is 233 g/mol. The van der Waals surface area contributed by atoms with Gasteiger partial charge < -0.3 is 15.0 Å².